The standard InChI is InChI=1S/C15H27NO2/c1-6-10(2)9-16-13-8-7-12(14(17)18)15(4,5)11(13)3/h11-13,16H,2,6-9H2,1,3-5H3,(H,17,18). The van der Waals surface area contributed by atoms with Crippen LogP contribution in [0.2, 0.25) is 0 Å². The zero-order valence-electron chi connectivity index (χ0n) is 12.1. The smallest absolute Gasteiger partial charge is 0.307 e. The average Bonchev–Trinajstić information content (AvgIpc) is 2.30. The Morgan fingerprint density at radius 1 is 1.44 bits per heavy atom. The first-order valence-corrected chi connectivity index (χ1v) is 6.93. The second kappa shape index (κ2) is 5.87. The van der Waals surface area contributed by atoms with Gasteiger partial charge in [-0.25, -0.2) is 0 Å². The van der Waals surface area contributed by atoms with Crippen LogP contribution in [0.4, 0.5) is 0 Å². The molecule has 1 saturated carbocycles. The molecule has 1 aliphatic rings. The molecule has 0 bridgehead atoms. The summed E-state index contributed by atoms with van der Waals surface area (Å²) in [5.74, 6) is -0.514. The molecule has 3 unspecified atom stereocenters. The number of aliphatic carboxylic acids is 1. The average molecular weight is 253 g/mol. The van der Waals surface area contributed by atoms with Crippen LogP contribution in [0.15, 0.2) is 12.2 Å². The fourth-order valence-corrected chi connectivity index (χ4v) is 2.93. The third-order valence-corrected chi connectivity index (χ3v) is 4.85. The van der Waals surface area contributed by atoms with Crippen molar-refractivity contribution in [1.29, 1.82) is 0 Å². The van der Waals surface area contributed by atoms with Gasteiger partial charge in [-0.05, 0) is 30.6 Å². The van der Waals surface area contributed by atoms with Crippen molar-refractivity contribution < 1.29 is 9.90 Å². The number of carbonyl (C=O) groups is 1. The second-order valence-corrected chi connectivity index (χ2v) is 6.17. The van der Waals surface area contributed by atoms with Crippen LogP contribution >= 0.6 is 0 Å². The molecule has 0 radical (unpaired) electrons. The van der Waals surface area contributed by atoms with E-state index in [1.807, 2.05) is 0 Å². The number of carboxylic acid groups (broad SMARTS) is 1. The van der Waals surface area contributed by atoms with E-state index in [1.165, 1.54) is 5.57 Å². The van der Waals surface area contributed by atoms with Crippen LogP contribution in [0.5, 0.6) is 0 Å². The minimum absolute atomic E-state index is 0.157. The number of hydrogen-bond acceptors (Lipinski definition) is 2. The summed E-state index contributed by atoms with van der Waals surface area (Å²) in [7, 11) is 0. The van der Waals surface area contributed by atoms with E-state index >= 15 is 0 Å². The number of nitrogens with one attached hydrogen (secondary N) is 1. The van der Waals surface area contributed by atoms with E-state index in [-0.39, 0.29) is 11.3 Å². The maximum Gasteiger partial charge on any atom is 0.307 e. The summed E-state index contributed by atoms with van der Waals surface area (Å²) in [6, 6.07) is 0.402. The molecule has 3 nitrogen and oxygen atoms in total. The molecule has 0 aromatic heterocycles. The lowest BCUT2D eigenvalue weighted by atomic mass is 9.61. The molecule has 0 aromatic carbocycles. The molecule has 3 heteroatoms. The molecule has 1 aliphatic carbocycles. The van der Waals surface area contributed by atoms with Gasteiger partial charge in [0.1, 0.15) is 0 Å². The van der Waals surface area contributed by atoms with Gasteiger partial charge in [-0.15, -0.1) is 0 Å². The van der Waals surface area contributed by atoms with Gasteiger partial charge in [0.25, 0.3) is 0 Å². The molecule has 1 rings (SSSR count). The van der Waals surface area contributed by atoms with Crippen LogP contribution in [0.25, 0.3) is 0 Å². The van der Waals surface area contributed by atoms with Gasteiger partial charge in [0, 0.05) is 12.6 Å². The molecule has 3 atom stereocenters. The van der Waals surface area contributed by atoms with E-state index in [1.54, 1.807) is 0 Å². The molecular weight excluding hydrogens is 226 g/mol. The summed E-state index contributed by atoms with van der Waals surface area (Å²) in [6.45, 7) is 13.3. The third kappa shape index (κ3) is 3.14. The lowest BCUT2D eigenvalue weighted by Crippen LogP contribution is -2.51. The molecule has 0 amide bonds. The summed E-state index contributed by atoms with van der Waals surface area (Å²) in [4.78, 5) is 11.3. The van der Waals surface area contributed by atoms with Gasteiger partial charge in [0.05, 0.1) is 5.92 Å². The van der Waals surface area contributed by atoms with Crippen LogP contribution in [0.1, 0.15) is 47.0 Å². The van der Waals surface area contributed by atoms with E-state index in [9.17, 15) is 9.90 Å². The first-order valence-electron chi connectivity index (χ1n) is 6.93. The maximum absolute atomic E-state index is 11.3. The molecule has 0 saturated heterocycles. The third-order valence-electron chi connectivity index (χ3n) is 4.85. The second-order valence-electron chi connectivity index (χ2n) is 6.17. The number of hydrogen-bond donors (Lipinski definition) is 2. The number of carboxylic acids is 1. The van der Waals surface area contributed by atoms with Crippen molar-refractivity contribution in [2.24, 2.45) is 17.3 Å². The summed E-state index contributed by atoms with van der Waals surface area (Å²) >= 11 is 0. The SMILES string of the molecule is C=C(CC)CNC1CCC(C(=O)O)C(C)(C)C1C. The quantitative estimate of drug-likeness (QED) is 0.740. The maximum atomic E-state index is 11.3. The highest BCUT2D eigenvalue weighted by atomic mass is 16.4. The fraction of sp³-hybridized carbons (Fsp3) is 0.800. The largest absolute Gasteiger partial charge is 0.481 e. The number of rotatable bonds is 5. The Morgan fingerprint density at radius 2 is 2.06 bits per heavy atom. The molecule has 0 aliphatic heterocycles. The summed E-state index contributed by atoms with van der Waals surface area (Å²) < 4.78 is 0. The van der Waals surface area contributed by atoms with Gasteiger partial charge < -0.3 is 10.4 Å². The van der Waals surface area contributed by atoms with Gasteiger partial charge >= 0.3 is 5.97 Å². The van der Waals surface area contributed by atoms with Crippen molar-refractivity contribution in [3.05, 3.63) is 12.2 Å². The molecule has 1 fully saturated rings. The molecule has 2 N–H and O–H groups in total. The first kappa shape index (κ1) is 15.2. The highest BCUT2D eigenvalue weighted by molar-refractivity contribution is 5.71. The molecule has 104 valence electrons. The minimum atomic E-state index is -0.650. The Bertz CT molecular complexity index is 322. The van der Waals surface area contributed by atoms with Crippen molar-refractivity contribution in [1.82, 2.24) is 5.32 Å². The zero-order chi connectivity index (χ0) is 13.9. The molecule has 0 spiro atoms. The van der Waals surface area contributed by atoms with Gasteiger partial charge in [0.15, 0.2) is 0 Å². The van der Waals surface area contributed by atoms with Crippen molar-refractivity contribution >= 4 is 5.97 Å². The van der Waals surface area contributed by atoms with E-state index in [0.717, 1.165) is 25.8 Å². The van der Waals surface area contributed by atoms with Gasteiger partial charge in [-0.2, -0.15) is 0 Å². The monoisotopic (exact) mass is 253 g/mol. The van der Waals surface area contributed by atoms with E-state index in [2.05, 4.69) is 39.6 Å². The van der Waals surface area contributed by atoms with Crippen molar-refractivity contribution in [2.45, 2.75) is 53.0 Å². The Labute approximate surface area is 111 Å². The highest BCUT2D eigenvalue weighted by Crippen LogP contribution is 2.45. The molecule has 0 aromatic rings. The predicted octanol–water partition coefficient (Wildman–Crippen LogP) is 3.07. The molecule has 18 heavy (non-hydrogen) atoms. The van der Waals surface area contributed by atoms with Crippen LogP contribution in [0, 0.1) is 17.3 Å². The summed E-state index contributed by atoms with van der Waals surface area (Å²) in [5.41, 5.74) is 1.05. The van der Waals surface area contributed by atoms with Gasteiger partial charge in [-0.3, -0.25) is 4.79 Å². The van der Waals surface area contributed by atoms with Crippen LogP contribution in [0.3, 0.4) is 0 Å². The predicted molar refractivity (Wildman–Crippen MR) is 74.5 cm³/mol. The van der Waals surface area contributed by atoms with Crippen LogP contribution in [-0.4, -0.2) is 23.7 Å². The van der Waals surface area contributed by atoms with Gasteiger partial charge in [0.2, 0.25) is 0 Å². The minimum Gasteiger partial charge on any atom is -0.481 e. The van der Waals surface area contributed by atoms with Crippen LogP contribution in [-0.2, 0) is 4.79 Å². The molecular formula is C15H27NO2. The lowest BCUT2D eigenvalue weighted by Gasteiger charge is -2.46. The topological polar surface area (TPSA) is 49.3 Å². The normalized spacial score (nSPS) is 31.0. The first-order chi connectivity index (χ1) is 8.30. The Kier molecular flexibility index (Phi) is 4.97. The molecule has 0 heterocycles. The summed E-state index contributed by atoms with van der Waals surface area (Å²) in [5, 5.41) is 12.8. The van der Waals surface area contributed by atoms with Gasteiger partial charge in [-0.1, -0.05) is 39.8 Å². The Hall–Kier alpha value is -0.830. The van der Waals surface area contributed by atoms with E-state index < -0.39 is 5.97 Å². The summed E-state index contributed by atoms with van der Waals surface area (Å²) in [6.07, 6.45) is 2.71. The lowest BCUT2D eigenvalue weighted by molar-refractivity contribution is -0.150. The van der Waals surface area contributed by atoms with Crippen molar-refractivity contribution in [3.63, 3.8) is 0 Å². The van der Waals surface area contributed by atoms with Crippen molar-refractivity contribution in [2.75, 3.05) is 6.54 Å². The highest BCUT2D eigenvalue weighted by Gasteiger charge is 2.45. The Morgan fingerprint density at radius 3 is 2.56 bits per heavy atom. The fourth-order valence-electron chi connectivity index (χ4n) is 2.93. The Balaban J connectivity index is 2.66. The van der Waals surface area contributed by atoms with Crippen molar-refractivity contribution in [3.8, 4) is 0 Å². The van der Waals surface area contributed by atoms with E-state index in [4.69, 9.17) is 0 Å². The van der Waals surface area contributed by atoms with Crippen LogP contribution < -0.4 is 5.32 Å². The zero-order valence-corrected chi connectivity index (χ0v) is 12.1. The van der Waals surface area contributed by atoms with E-state index in [0.29, 0.717) is 12.0 Å².